The molecule has 1 aliphatic heterocycles. The van der Waals surface area contributed by atoms with E-state index in [1.54, 1.807) is 4.90 Å². The van der Waals surface area contributed by atoms with E-state index in [4.69, 9.17) is 16.3 Å². The van der Waals surface area contributed by atoms with Crippen molar-refractivity contribution in [2.75, 3.05) is 36.4 Å². The minimum Gasteiger partial charge on any atom is -0.444 e. The van der Waals surface area contributed by atoms with E-state index in [0.717, 1.165) is 12.8 Å². The standard InChI is InChI=1S/C18H29ClN6O2/c1-18(2,3)27-17(26)25-11-9-24(10-12-25)16-22-14(19)21-15(23-16)20-13-7-5-4-6-8-13/h13H,4-12H2,1-3H3,(H,20,21,22,23). The first-order valence-electron chi connectivity index (χ1n) is 9.71. The maximum Gasteiger partial charge on any atom is 0.410 e. The maximum absolute atomic E-state index is 12.2. The van der Waals surface area contributed by atoms with Crippen molar-refractivity contribution in [2.24, 2.45) is 0 Å². The Bertz CT molecular complexity index is 652. The molecule has 0 aromatic carbocycles. The number of ether oxygens (including phenoxy) is 1. The Morgan fingerprint density at radius 1 is 1.07 bits per heavy atom. The van der Waals surface area contributed by atoms with E-state index in [2.05, 4.69) is 20.3 Å². The van der Waals surface area contributed by atoms with Gasteiger partial charge in [0.1, 0.15) is 5.60 Å². The minimum absolute atomic E-state index is 0.188. The number of hydrogen-bond acceptors (Lipinski definition) is 7. The van der Waals surface area contributed by atoms with Crippen LogP contribution in [0.15, 0.2) is 0 Å². The molecule has 0 atom stereocenters. The van der Waals surface area contributed by atoms with Crippen molar-refractivity contribution in [3.8, 4) is 0 Å². The Labute approximate surface area is 165 Å². The summed E-state index contributed by atoms with van der Waals surface area (Å²) >= 11 is 6.13. The molecule has 0 radical (unpaired) electrons. The Kier molecular flexibility index (Phi) is 6.24. The summed E-state index contributed by atoms with van der Waals surface area (Å²) in [4.78, 5) is 29.0. The Hall–Kier alpha value is -1.83. The summed E-state index contributed by atoms with van der Waals surface area (Å²) in [6.07, 6.45) is 5.74. The lowest BCUT2D eigenvalue weighted by Crippen LogP contribution is -2.50. The van der Waals surface area contributed by atoms with Gasteiger partial charge >= 0.3 is 6.09 Å². The predicted molar refractivity (Wildman–Crippen MR) is 105 cm³/mol. The monoisotopic (exact) mass is 396 g/mol. The molecule has 1 saturated carbocycles. The third-order valence-electron chi connectivity index (χ3n) is 4.75. The Morgan fingerprint density at radius 2 is 1.74 bits per heavy atom. The summed E-state index contributed by atoms with van der Waals surface area (Å²) in [5.41, 5.74) is -0.490. The highest BCUT2D eigenvalue weighted by Gasteiger charge is 2.27. The lowest BCUT2D eigenvalue weighted by atomic mass is 9.96. The van der Waals surface area contributed by atoms with Gasteiger partial charge in [-0.15, -0.1) is 0 Å². The highest BCUT2D eigenvalue weighted by Crippen LogP contribution is 2.22. The summed E-state index contributed by atoms with van der Waals surface area (Å²) in [6, 6.07) is 0.397. The number of anilines is 2. The number of carbonyl (C=O) groups excluding carboxylic acids is 1. The molecule has 1 saturated heterocycles. The van der Waals surface area contributed by atoms with Crippen LogP contribution in [0.25, 0.3) is 0 Å². The van der Waals surface area contributed by atoms with Gasteiger partial charge in [-0.3, -0.25) is 0 Å². The molecule has 2 aliphatic rings. The molecule has 8 nitrogen and oxygen atoms in total. The van der Waals surface area contributed by atoms with E-state index in [-0.39, 0.29) is 11.4 Å². The molecule has 150 valence electrons. The molecule has 0 bridgehead atoms. The van der Waals surface area contributed by atoms with Crippen LogP contribution in [-0.2, 0) is 4.74 Å². The number of piperazine rings is 1. The lowest BCUT2D eigenvalue weighted by molar-refractivity contribution is 0.0240. The van der Waals surface area contributed by atoms with Gasteiger partial charge < -0.3 is 19.9 Å². The summed E-state index contributed by atoms with van der Waals surface area (Å²) in [6.45, 7) is 7.98. The van der Waals surface area contributed by atoms with Crippen LogP contribution in [-0.4, -0.2) is 63.8 Å². The molecule has 9 heteroatoms. The molecule has 27 heavy (non-hydrogen) atoms. The van der Waals surface area contributed by atoms with Crippen molar-refractivity contribution in [2.45, 2.75) is 64.5 Å². The lowest BCUT2D eigenvalue weighted by Gasteiger charge is -2.35. The van der Waals surface area contributed by atoms with Gasteiger partial charge in [-0.05, 0) is 45.2 Å². The number of nitrogens with zero attached hydrogens (tertiary/aromatic N) is 5. The van der Waals surface area contributed by atoms with Crippen LogP contribution in [0.5, 0.6) is 0 Å². The van der Waals surface area contributed by atoms with Gasteiger partial charge in [-0.25, -0.2) is 4.79 Å². The number of rotatable bonds is 3. The summed E-state index contributed by atoms with van der Waals surface area (Å²) in [5.74, 6) is 1.09. The summed E-state index contributed by atoms with van der Waals surface area (Å²) in [5, 5.41) is 3.58. The van der Waals surface area contributed by atoms with Crippen LogP contribution in [0.2, 0.25) is 5.28 Å². The second-order valence-corrected chi connectivity index (χ2v) is 8.50. The fourth-order valence-corrected chi connectivity index (χ4v) is 3.55. The van der Waals surface area contributed by atoms with Gasteiger partial charge in [-0.1, -0.05) is 19.3 Å². The molecule has 2 fully saturated rings. The number of aromatic nitrogens is 3. The molecule has 1 aromatic rings. The first kappa shape index (κ1) is 19.9. The highest BCUT2D eigenvalue weighted by molar-refractivity contribution is 6.28. The van der Waals surface area contributed by atoms with Crippen molar-refractivity contribution in [1.29, 1.82) is 0 Å². The van der Waals surface area contributed by atoms with Crippen molar-refractivity contribution < 1.29 is 9.53 Å². The van der Waals surface area contributed by atoms with Gasteiger partial charge in [0.2, 0.25) is 17.2 Å². The third-order valence-corrected chi connectivity index (χ3v) is 4.92. The largest absolute Gasteiger partial charge is 0.444 e. The maximum atomic E-state index is 12.2. The third kappa shape index (κ3) is 5.82. The molecule has 1 aliphatic carbocycles. The van der Waals surface area contributed by atoms with Gasteiger partial charge in [-0.2, -0.15) is 15.0 Å². The number of hydrogen-bond donors (Lipinski definition) is 1. The van der Waals surface area contributed by atoms with Crippen LogP contribution >= 0.6 is 11.6 Å². The molecule has 1 amide bonds. The van der Waals surface area contributed by atoms with Gasteiger partial charge in [0, 0.05) is 32.2 Å². The van der Waals surface area contributed by atoms with E-state index in [1.165, 1.54) is 19.3 Å². The molecule has 2 heterocycles. The Morgan fingerprint density at radius 3 is 2.37 bits per heavy atom. The molecule has 0 spiro atoms. The number of amides is 1. The second-order valence-electron chi connectivity index (χ2n) is 8.16. The van der Waals surface area contributed by atoms with Gasteiger partial charge in [0.05, 0.1) is 0 Å². The van der Waals surface area contributed by atoms with Gasteiger partial charge in [0.15, 0.2) is 0 Å². The van der Waals surface area contributed by atoms with Crippen molar-refractivity contribution in [1.82, 2.24) is 19.9 Å². The predicted octanol–water partition coefficient (Wildman–Crippen LogP) is 3.33. The van der Waals surface area contributed by atoms with Crippen molar-refractivity contribution in [3.63, 3.8) is 0 Å². The number of nitrogens with one attached hydrogen (secondary N) is 1. The molecular weight excluding hydrogens is 368 g/mol. The fourth-order valence-electron chi connectivity index (χ4n) is 3.39. The summed E-state index contributed by atoms with van der Waals surface area (Å²) in [7, 11) is 0. The van der Waals surface area contributed by atoms with Crippen molar-refractivity contribution >= 4 is 29.6 Å². The van der Waals surface area contributed by atoms with E-state index in [1.807, 2.05) is 25.7 Å². The molecule has 3 rings (SSSR count). The number of halogens is 1. The van der Waals surface area contributed by atoms with Crippen LogP contribution < -0.4 is 10.2 Å². The van der Waals surface area contributed by atoms with Gasteiger partial charge in [0.25, 0.3) is 0 Å². The fraction of sp³-hybridized carbons (Fsp3) is 0.778. The normalized spacial score (nSPS) is 19.1. The zero-order valence-corrected chi connectivity index (χ0v) is 17.1. The van der Waals surface area contributed by atoms with Crippen LogP contribution in [0.1, 0.15) is 52.9 Å². The first-order valence-corrected chi connectivity index (χ1v) is 10.1. The van der Waals surface area contributed by atoms with Crippen molar-refractivity contribution in [3.05, 3.63) is 5.28 Å². The first-order chi connectivity index (χ1) is 12.8. The second kappa shape index (κ2) is 8.46. The average Bonchev–Trinajstić information content (AvgIpc) is 2.61. The van der Waals surface area contributed by atoms with E-state index < -0.39 is 5.60 Å². The van der Waals surface area contributed by atoms with Crippen LogP contribution in [0, 0.1) is 0 Å². The minimum atomic E-state index is -0.490. The highest BCUT2D eigenvalue weighted by atomic mass is 35.5. The quantitative estimate of drug-likeness (QED) is 0.838. The number of carbonyl (C=O) groups is 1. The molecule has 0 unspecified atom stereocenters. The van der Waals surface area contributed by atoms with E-state index in [9.17, 15) is 4.79 Å². The molecule has 1 aromatic heterocycles. The molecular formula is C18H29ClN6O2. The SMILES string of the molecule is CC(C)(C)OC(=O)N1CCN(c2nc(Cl)nc(NC3CCCCC3)n2)CC1. The van der Waals surface area contributed by atoms with Crippen LogP contribution in [0.3, 0.4) is 0 Å². The Balaban J connectivity index is 1.59. The van der Waals surface area contributed by atoms with E-state index in [0.29, 0.717) is 44.1 Å². The average molecular weight is 397 g/mol. The summed E-state index contributed by atoms with van der Waals surface area (Å²) < 4.78 is 5.44. The van der Waals surface area contributed by atoms with E-state index >= 15 is 0 Å². The topological polar surface area (TPSA) is 83.5 Å². The zero-order chi connectivity index (χ0) is 19.4. The smallest absolute Gasteiger partial charge is 0.410 e. The van der Waals surface area contributed by atoms with Crippen LogP contribution in [0.4, 0.5) is 16.7 Å². The molecule has 1 N–H and O–H groups in total. The zero-order valence-electron chi connectivity index (χ0n) is 16.4.